The third-order valence-corrected chi connectivity index (χ3v) is 23.2. The van der Waals surface area contributed by atoms with Gasteiger partial charge in [-0.3, -0.25) is 0 Å². The van der Waals surface area contributed by atoms with Crippen LogP contribution in [0.1, 0.15) is 234 Å². The number of rotatable bonds is 13. The van der Waals surface area contributed by atoms with Crippen molar-refractivity contribution < 1.29 is 56.6 Å². The minimum Gasteiger partial charge on any atom is -0.201 e. The standard InChI is InChI=1S/C30H40N.C29H30N.C29H36N.C28H28N/c1-19(2)27-18-31(10)28(16-24(27)17-30(7,8)9)25-12-11-13-26(23(25)6)29-21(4)14-20(3)15-22(29)5;1-19-14-15-25(21(3)16-19)26-12-9-13-27(23(26)5)29-17-28(22(4)18-30(29)6)24-11-8-7-10-20(24)2;1-19-15-20(2)29(21(3)16-19)26-14-10-13-25(23(26)5)28-17-27(22(4)18-30(28)6)24-11-8-7-9-12-24;1-19-14-15-24(20(2)16-19)25-12-9-13-26(22(25)4)28-17-27(21(3)18-29(28)5)23-10-7-6-8-11-23/h11-16,18-19H,17H2,1-10H3;7-18H,1-6H3;10,13-18,24H,7-9,11-12H2,1-6H3;6-18H,1-5H3/q4*+1/i4D3,17D2,19D;2D3,3D3,4D3;2D3,4D3,24D;2D3,3D3. The van der Waals surface area contributed by atoms with E-state index in [1.54, 1.807) is 86.4 Å². The van der Waals surface area contributed by atoms with E-state index < -0.39 is 78.4 Å². The molecule has 4 heteroatoms. The maximum absolute atomic E-state index is 9.27. The number of pyridine rings is 4. The van der Waals surface area contributed by atoms with Crippen LogP contribution in [0.25, 0.3) is 112 Å². The molecule has 0 unspecified atom stereocenters. The van der Waals surface area contributed by atoms with E-state index in [0.717, 1.165) is 153 Å². The van der Waals surface area contributed by atoms with Crippen LogP contribution in [0.2, 0.25) is 0 Å². The molecule has 120 heavy (non-hydrogen) atoms. The van der Waals surface area contributed by atoms with Crippen LogP contribution in [-0.4, -0.2) is 0 Å². The summed E-state index contributed by atoms with van der Waals surface area (Å²) in [7, 11) is 7.34. The Morgan fingerprint density at radius 2 is 0.700 bits per heavy atom. The molecule has 15 rings (SSSR count). The summed E-state index contributed by atoms with van der Waals surface area (Å²) in [4.78, 5) is 0. The van der Waals surface area contributed by atoms with Gasteiger partial charge in [-0.2, -0.15) is 0 Å². The minimum atomic E-state index is -2.49. The van der Waals surface area contributed by atoms with Crippen molar-refractivity contribution in [2.75, 3.05) is 0 Å². The van der Waals surface area contributed by atoms with Crippen LogP contribution in [-0.2, 0) is 34.6 Å². The molecule has 10 aromatic carbocycles. The quantitative estimate of drug-likeness (QED) is 0.102. The van der Waals surface area contributed by atoms with Crippen LogP contribution in [0.4, 0.5) is 0 Å². The molecule has 614 valence electrons. The van der Waals surface area contributed by atoms with Gasteiger partial charge in [0.25, 0.3) is 0 Å². The first-order valence-corrected chi connectivity index (χ1v) is 41.4. The largest absolute Gasteiger partial charge is 0.213 e. The highest BCUT2D eigenvalue weighted by atomic mass is 14.9. The summed E-state index contributed by atoms with van der Waals surface area (Å²) in [5.41, 5.74) is 26.7. The van der Waals surface area contributed by atoms with Crippen molar-refractivity contribution in [2.45, 2.75) is 209 Å². The number of aryl methyl sites for hydroxylation is 18. The zero-order chi connectivity index (χ0) is 110. The normalized spacial score (nSPS) is 17.0. The number of benzene rings is 10. The number of hydrogen-bond acceptors (Lipinski definition) is 0. The third kappa shape index (κ3) is 19.6. The fourth-order valence-electron chi connectivity index (χ4n) is 17.1. The second kappa shape index (κ2) is 37.6. The van der Waals surface area contributed by atoms with E-state index >= 15 is 0 Å². The zero-order valence-corrected chi connectivity index (χ0v) is 73.3. The first-order valence-electron chi connectivity index (χ1n) is 55.4. The average Bonchev–Trinajstić information content (AvgIpc) is 0.699. The predicted octanol–water partition coefficient (Wildman–Crippen LogP) is 29.0. The fourth-order valence-corrected chi connectivity index (χ4v) is 17.1. The molecule has 0 saturated heterocycles. The Kier molecular flexibility index (Phi) is 18.1. The molecule has 0 atom stereocenters. The van der Waals surface area contributed by atoms with E-state index in [1.165, 1.54) is 12.3 Å². The summed E-state index contributed by atoms with van der Waals surface area (Å²) in [6.45, 7) is 9.96. The Hall–Kier alpha value is -11.2. The molecule has 0 spiro atoms. The number of hydrogen-bond donors (Lipinski definition) is 0. The van der Waals surface area contributed by atoms with E-state index in [4.69, 9.17) is 37.0 Å². The van der Waals surface area contributed by atoms with Crippen LogP contribution >= 0.6 is 0 Å². The summed E-state index contributed by atoms with van der Waals surface area (Å²) < 4.78 is 238. The lowest BCUT2D eigenvalue weighted by molar-refractivity contribution is -0.661. The molecule has 0 N–H and O–H groups in total. The monoisotopic (exact) mass is 1610 g/mol. The molecule has 4 heterocycles. The first-order chi connectivity index (χ1) is 68.2. The van der Waals surface area contributed by atoms with Gasteiger partial charge in [-0.1, -0.05) is 240 Å². The van der Waals surface area contributed by atoms with Crippen LogP contribution < -0.4 is 18.3 Å². The maximum Gasteiger partial charge on any atom is 0.213 e. The van der Waals surface area contributed by atoms with Gasteiger partial charge in [0.05, 0.1) is 0 Å². The van der Waals surface area contributed by atoms with E-state index in [0.29, 0.717) is 79.7 Å². The molecular weight excluding hydrogens is 1450 g/mol. The summed E-state index contributed by atoms with van der Waals surface area (Å²) in [5.74, 6) is -1.92. The van der Waals surface area contributed by atoms with Crippen LogP contribution in [0.3, 0.4) is 0 Å². The highest BCUT2D eigenvalue weighted by Crippen LogP contribution is 2.43. The van der Waals surface area contributed by atoms with Gasteiger partial charge in [-0.05, 0) is 324 Å². The number of nitrogens with zero attached hydrogens (tertiary/aromatic N) is 4. The highest BCUT2D eigenvalue weighted by molar-refractivity contribution is 5.85. The first kappa shape index (κ1) is 57.9. The molecule has 1 aliphatic carbocycles. The Balaban J connectivity index is 0.000000175. The van der Waals surface area contributed by atoms with E-state index in [2.05, 4.69) is 0 Å². The van der Waals surface area contributed by atoms with Gasteiger partial charge in [0.2, 0.25) is 22.8 Å². The molecule has 4 aromatic heterocycles. The second-order valence-corrected chi connectivity index (χ2v) is 33.9. The minimum absolute atomic E-state index is 0.0440. The SMILES string of the molecule is [2H]C([2H])([2H])c1c[n+](C)c(-c2cccc(-c3c(C)cc(C)cc3C([2H])([2H])[2H])c2C)cc1C1([2H])CCCCC1.[2H]C([2H])([2H])c1c[n+](C)c(-c2cccc(-c3ccc(C)cc3C([2H])([2H])[2H])c2C)cc1-c1ccccc1.[2H]C([2H])([2H])c1cc(C)cc(C)c1-c1cccc(-c2cc(C([2H])([2H])C(C)(C)C)c(C([2H])(C)C)c[n+]2C)c1C.[2H]C([2H])([2H])c1ccccc1-c1cc(-c2cccc(-c3ccc(C)cc3C([2H])([2H])[2H])c2C)[n+](C)cc1C([2H])([2H])[2H]. The Morgan fingerprint density at radius 3 is 1.17 bits per heavy atom. The van der Waals surface area contributed by atoms with Crippen LogP contribution in [0.5, 0.6) is 0 Å². The average molecular weight is 1610 g/mol. The number of aromatic nitrogens is 4. The van der Waals surface area contributed by atoms with Crippen molar-refractivity contribution in [3.05, 3.63) is 354 Å². The van der Waals surface area contributed by atoms with Crippen molar-refractivity contribution >= 4 is 0 Å². The molecule has 0 radical (unpaired) electrons. The van der Waals surface area contributed by atoms with Crippen molar-refractivity contribution in [1.82, 2.24) is 0 Å². The van der Waals surface area contributed by atoms with Gasteiger partial charge in [0.1, 0.15) is 28.2 Å². The molecule has 14 aromatic rings. The molecule has 1 fully saturated rings. The maximum atomic E-state index is 9.27. The van der Waals surface area contributed by atoms with Crippen molar-refractivity contribution in [3.8, 4) is 112 Å². The van der Waals surface area contributed by atoms with E-state index in [9.17, 15) is 1.37 Å². The molecule has 0 aliphatic heterocycles. The molecule has 0 bridgehead atoms. The molecule has 4 nitrogen and oxygen atoms in total. The zero-order valence-electron chi connectivity index (χ0n) is 101. The smallest absolute Gasteiger partial charge is 0.201 e. The summed E-state index contributed by atoms with van der Waals surface area (Å²) in [6.07, 6.45) is 9.25. The fraction of sp³-hybridized carbons (Fsp3) is 0.310. The Morgan fingerprint density at radius 1 is 0.333 bits per heavy atom. The van der Waals surface area contributed by atoms with Gasteiger partial charge in [0, 0.05) is 107 Å². The van der Waals surface area contributed by atoms with Gasteiger partial charge in [0.15, 0.2) is 24.8 Å². The lowest BCUT2D eigenvalue weighted by Gasteiger charge is -2.23. The molecular formula is C116H134N4+4. The summed E-state index contributed by atoms with van der Waals surface area (Å²) in [6, 6.07) is 65.0. The van der Waals surface area contributed by atoms with Gasteiger partial charge < -0.3 is 0 Å². The third-order valence-electron chi connectivity index (χ3n) is 23.2. The lowest BCUT2D eigenvalue weighted by atomic mass is 9.82. The van der Waals surface area contributed by atoms with Gasteiger partial charge in [-0.25, -0.2) is 18.3 Å². The van der Waals surface area contributed by atoms with Crippen molar-refractivity contribution in [2.24, 2.45) is 33.6 Å². The van der Waals surface area contributed by atoms with E-state index in [-0.39, 0.29) is 27.8 Å². The van der Waals surface area contributed by atoms with Crippen LogP contribution in [0.15, 0.2) is 237 Å². The van der Waals surface area contributed by atoms with Crippen molar-refractivity contribution in [3.63, 3.8) is 0 Å². The topological polar surface area (TPSA) is 15.5 Å². The van der Waals surface area contributed by atoms with Crippen molar-refractivity contribution in [1.29, 1.82) is 0 Å². The molecule has 1 saturated carbocycles. The summed E-state index contributed by atoms with van der Waals surface area (Å²) in [5, 5.41) is 0. The van der Waals surface area contributed by atoms with Crippen LogP contribution in [0, 0.1) is 129 Å². The Bertz CT molecular complexity index is 7330. The van der Waals surface area contributed by atoms with Gasteiger partial charge in [-0.15, -0.1) is 0 Å². The molecule has 0 amide bonds. The lowest BCUT2D eigenvalue weighted by Crippen LogP contribution is -2.33. The predicted molar refractivity (Wildman–Crippen MR) is 513 cm³/mol. The Labute approximate surface area is 761 Å². The van der Waals surface area contributed by atoms with Gasteiger partial charge >= 0.3 is 0 Å². The highest BCUT2D eigenvalue weighted by Gasteiger charge is 2.28. The summed E-state index contributed by atoms with van der Waals surface area (Å²) >= 11 is 0. The molecule has 1 aliphatic rings. The van der Waals surface area contributed by atoms with E-state index in [1.807, 2.05) is 289 Å². The second-order valence-electron chi connectivity index (χ2n) is 33.9.